The number of amides is 3. The molecule has 2 fully saturated rings. The maximum Gasteiger partial charge on any atom is 0.326 e. The minimum Gasteiger partial charge on any atom is -0.461 e. The number of esters is 1. The summed E-state index contributed by atoms with van der Waals surface area (Å²) in [7, 11) is 0. The lowest BCUT2D eigenvalue weighted by molar-refractivity contribution is -0.384. The second-order valence-corrected chi connectivity index (χ2v) is 9.10. The van der Waals surface area contributed by atoms with E-state index in [2.05, 4.69) is 26.1 Å². The van der Waals surface area contributed by atoms with Crippen LogP contribution < -0.4 is 5.32 Å². The fourth-order valence-electron chi connectivity index (χ4n) is 4.54. The molecule has 1 aliphatic carbocycles. The summed E-state index contributed by atoms with van der Waals surface area (Å²) in [5, 5.41) is 13.5. The van der Waals surface area contributed by atoms with Gasteiger partial charge in [-0.3, -0.25) is 24.6 Å². The first-order chi connectivity index (χ1) is 14.5. The average Bonchev–Trinajstić information content (AvgIpc) is 2.92. The maximum atomic E-state index is 13.0. The number of hydrogen-bond donors (Lipinski definition) is 1. The van der Waals surface area contributed by atoms with Crippen LogP contribution in [0.5, 0.6) is 0 Å². The van der Waals surface area contributed by atoms with Crippen molar-refractivity contribution in [2.45, 2.75) is 58.6 Å². The molecule has 2 aliphatic rings. The highest BCUT2D eigenvalue weighted by molar-refractivity contribution is 6.08. The van der Waals surface area contributed by atoms with Crippen molar-refractivity contribution in [1.29, 1.82) is 0 Å². The van der Waals surface area contributed by atoms with Crippen LogP contribution in [-0.2, 0) is 19.9 Å². The van der Waals surface area contributed by atoms with Gasteiger partial charge in [-0.1, -0.05) is 27.2 Å². The number of nitro benzene ring substituents is 1. The summed E-state index contributed by atoms with van der Waals surface area (Å²) in [4.78, 5) is 49.3. The number of nitro groups is 1. The van der Waals surface area contributed by atoms with E-state index in [1.54, 1.807) is 0 Å². The van der Waals surface area contributed by atoms with Crippen molar-refractivity contribution < 1.29 is 24.0 Å². The number of carbonyl (C=O) groups is 3. The molecule has 168 valence electrons. The van der Waals surface area contributed by atoms with Gasteiger partial charge in [0.2, 0.25) is 0 Å². The second kappa shape index (κ2) is 8.64. The Bertz CT molecular complexity index is 884. The highest BCUT2D eigenvalue weighted by Gasteiger charge is 2.50. The molecule has 9 nitrogen and oxygen atoms in total. The maximum absolute atomic E-state index is 13.0. The summed E-state index contributed by atoms with van der Waals surface area (Å²) in [6, 6.07) is 4.70. The molecule has 4 atom stereocenters. The van der Waals surface area contributed by atoms with Crippen LogP contribution in [0.3, 0.4) is 0 Å². The van der Waals surface area contributed by atoms with Crippen molar-refractivity contribution in [3.63, 3.8) is 0 Å². The molecule has 0 bridgehead atoms. The predicted octanol–water partition coefficient (Wildman–Crippen LogP) is 3.37. The van der Waals surface area contributed by atoms with Crippen molar-refractivity contribution in [3.05, 3.63) is 39.9 Å². The van der Waals surface area contributed by atoms with Crippen LogP contribution in [0.1, 0.15) is 52.5 Å². The zero-order valence-electron chi connectivity index (χ0n) is 18.3. The standard InChI is InChI=1S/C22H29N3O6/c1-13(2)17-10-5-14(3)11-18(17)31-19(26)12-24-20(27)22(4,23-21(24)28)15-6-8-16(9-7-15)25(29)30/h6-9,13-14,17-18H,5,10-12H2,1-4H3,(H,23,28). The van der Waals surface area contributed by atoms with E-state index in [9.17, 15) is 24.5 Å². The van der Waals surface area contributed by atoms with Gasteiger partial charge in [0.05, 0.1) is 4.92 Å². The molecule has 1 heterocycles. The van der Waals surface area contributed by atoms with Gasteiger partial charge in [-0.2, -0.15) is 0 Å². The molecule has 0 radical (unpaired) electrons. The number of non-ortho nitro benzene ring substituents is 1. The lowest BCUT2D eigenvalue weighted by atomic mass is 9.75. The third kappa shape index (κ3) is 4.55. The molecule has 9 heteroatoms. The molecule has 1 aromatic carbocycles. The molecule has 0 aromatic heterocycles. The van der Waals surface area contributed by atoms with Crippen molar-refractivity contribution in [2.75, 3.05) is 6.54 Å². The second-order valence-electron chi connectivity index (χ2n) is 9.10. The lowest BCUT2D eigenvalue weighted by Gasteiger charge is -2.36. The van der Waals surface area contributed by atoms with Gasteiger partial charge in [0.15, 0.2) is 0 Å². The van der Waals surface area contributed by atoms with Crippen LogP contribution in [0, 0.1) is 27.9 Å². The van der Waals surface area contributed by atoms with Crippen LogP contribution in [0.2, 0.25) is 0 Å². The molecular formula is C22H29N3O6. The predicted molar refractivity (Wildman–Crippen MR) is 112 cm³/mol. The lowest BCUT2D eigenvalue weighted by Crippen LogP contribution is -2.43. The monoisotopic (exact) mass is 431 g/mol. The summed E-state index contributed by atoms with van der Waals surface area (Å²) >= 11 is 0. The zero-order chi connectivity index (χ0) is 22.9. The third-order valence-electron chi connectivity index (χ3n) is 6.46. The molecule has 31 heavy (non-hydrogen) atoms. The van der Waals surface area contributed by atoms with E-state index in [0.717, 1.165) is 24.2 Å². The van der Waals surface area contributed by atoms with Crippen molar-refractivity contribution in [3.8, 4) is 0 Å². The van der Waals surface area contributed by atoms with Gasteiger partial charge in [-0.15, -0.1) is 0 Å². The molecule has 1 aliphatic heterocycles. The quantitative estimate of drug-likeness (QED) is 0.319. The van der Waals surface area contributed by atoms with Gasteiger partial charge < -0.3 is 10.1 Å². The Morgan fingerprint density at radius 3 is 2.52 bits per heavy atom. The van der Waals surface area contributed by atoms with E-state index in [1.807, 2.05) is 0 Å². The average molecular weight is 431 g/mol. The molecule has 1 N–H and O–H groups in total. The Kier molecular flexibility index (Phi) is 6.33. The number of carbonyl (C=O) groups excluding carboxylic acids is 3. The van der Waals surface area contributed by atoms with Crippen LogP contribution >= 0.6 is 0 Å². The first-order valence-electron chi connectivity index (χ1n) is 10.6. The highest BCUT2D eigenvalue weighted by atomic mass is 16.6. The zero-order valence-corrected chi connectivity index (χ0v) is 18.3. The van der Waals surface area contributed by atoms with Crippen molar-refractivity contribution >= 4 is 23.6 Å². The van der Waals surface area contributed by atoms with Crippen molar-refractivity contribution in [2.24, 2.45) is 17.8 Å². The molecule has 1 aromatic rings. The SMILES string of the molecule is CC1CCC(C(C)C)C(OC(=O)CN2C(=O)NC(C)(c3ccc([N+](=O)[O-])cc3)C2=O)C1. The first kappa shape index (κ1) is 22.7. The molecule has 1 saturated carbocycles. The molecule has 0 spiro atoms. The molecule has 3 amide bonds. The Balaban J connectivity index is 1.70. The summed E-state index contributed by atoms with van der Waals surface area (Å²) in [5.74, 6) is -0.127. The van der Waals surface area contributed by atoms with Gasteiger partial charge in [0, 0.05) is 12.1 Å². The van der Waals surface area contributed by atoms with Crippen LogP contribution in [0.25, 0.3) is 0 Å². The fraction of sp³-hybridized carbons (Fsp3) is 0.591. The van der Waals surface area contributed by atoms with E-state index < -0.39 is 34.9 Å². The van der Waals surface area contributed by atoms with E-state index in [4.69, 9.17) is 4.74 Å². The van der Waals surface area contributed by atoms with E-state index in [0.29, 0.717) is 17.4 Å². The van der Waals surface area contributed by atoms with Gasteiger partial charge in [-0.05, 0) is 55.2 Å². The number of nitrogens with zero attached hydrogens (tertiary/aromatic N) is 2. The largest absolute Gasteiger partial charge is 0.461 e. The number of imide groups is 1. The summed E-state index contributed by atoms with van der Waals surface area (Å²) in [5.41, 5.74) is -1.13. The van der Waals surface area contributed by atoms with Crippen LogP contribution in [-0.4, -0.2) is 40.4 Å². The number of nitrogens with one attached hydrogen (secondary N) is 1. The van der Waals surface area contributed by atoms with E-state index in [-0.39, 0.29) is 17.7 Å². The minimum absolute atomic E-state index is 0.119. The van der Waals surface area contributed by atoms with Gasteiger partial charge in [-0.25, -0.2) is 4.79 Å². The summed E-state index contributed by atoms with van der Waals surface area (Å²) in [6.45, 7) is 7.38. The Morgan fingerprint density at radius 2 is 1.94 bits per heavy atom. The number of benzene rings is 1. The number of ether oxygens (including phenoxy) is 1. The summed E-state index contributed by atoms with van der Waals surface area (Å²) < 4.78 is 5.72. The van der Waals surface area contributed by atoms with Gasteiger partial charge in [0.1, 0.15) is 18.2 Å². The molecule has 4 unspecified atom stereocenters. The summed E-state index contributed by atoms with van der Waals surface area (Å²) in [6.07, 6.45) is 2.63. The van der Waals surface area contributed by atoms with Gasteiger partial charge >= 0.3 is 12.0 Å². The number of rotatable bonds is 6. The van der Waals surface area contributed by atoms with Crippen LogP contribution in [0.15, 0.2) is 24.3 Å². The molecular weight excluding hydrogens is 402 g/mol. The van der Waals surface area contributed by atoms with Crippen molar-refractivity contribution in [1.82, 2.24) is 10.2 Å². The highest BCUT2D eigenvalue weighted by Crippen LogP contribution is 2.36. The fourth-order valence-corrected chi connectivity index (χ4v) is 4.54. The van der Waals surface area contributed by atoms with Crippen LogP contribution in [0.4, 0.5) is 10.5 Å². The molecule has 3 rings (SSSR count). The Morgan fingerprint density at radius 1 is 1.29 bits per heavy atom. The first-order valence-corrected chi connectivity index (χ1v) is 10.6. The number of urea groups is 1. The van der Waals surface area contributed by atoms with E-state index >= 15 is 0 Å². The van der Waals surface area contributed by atoms with Gasteiger partial charge in [0.25, 0.3) is 11.6 Å². The van der Waals surface area contributed by atoms with E-state index in [1.165, 1.54) is 31.2 Å². The Labute approximate surface area is 181 Å². The Hall–Kier alpha value is -2.97. The number of hydrogen-bond acceptors (Lipinski definition) is 6. The molecule has 1 saturated heterocycles. The third-order valence-corrected chi connectivity index (χ3v) is 6.46. The minimum atomic E-state index is -1.41. The smallest absolute Gasteiger partial charge is 0.326 e. The normalized spacial score (nSPS) is 28.5. The topological polar surface area (TPSA) is 119 Å².